The monoisotopic (exact) mass is 193 g/mol. The highest BCUT2D eigenvalue weighted by Crippen LogP contribution is 2.08. The number of likely N-dealkylation sites (tertiary alicyclic amines) is 1. The van der Waals surface area contributed by atoms with Crippen LogP contribution in [0.2, 0.25) is 0 Å². The highest BCUT2D eigenvalue weighted by Gasteiger charge is 2.29. The number of aromatic nitrogens is 1. The predicted molar refractivity (Wildman–Crippen MR) is 50.9 cm³/mol. The van der Waals surface area contributed by atoms with Crippen molar-refractivity contribution in [1.29, 1.82) is 0 Å². The van der Waals surface area contributed by atoms with Gasteiger partial charge in [0, 0.05) is 37.6 Å². The van der Waals surface area contributed by atoms with E-state index in [-0.39, 0.29) is 22.9 Å². The lowest BCUT2D eigenvalue weighted by Crippen LogP contribution is -2.58. The average Bonchev–Trinajstić information content (AvgIpc) is 2.13. The van der Waals surface area contributed by atoms with Gasteiger partial charge in [-0.1, -0.05) is 0 Å². The first kappa shape index (κ1) is 8.96. The highest BCUT2D eigenvalue weighted by molar-refractivity contribution is 5.94. The Morgan fingerprint density at radius 3 is 2.86 bits per heavy atom. The van der Waals surface area contributed by atoms with Crippen LogP contribution in [0.25, 0.3) is 0 Å². The molecule has 74 valence electrons. The van der Waals surface area contributed by atoms with Crippen molar-refractivity contribution in [3.63, 3.8) is 0 Å². The summed E-state index contributed by atoms with van der Waals surface area (Å²) in [5, 5.41) is 0. The second kappa shape index (κ2) is 3.26. The maximum Gasteiger partial charge on any atom is 0.259 e. The molecular weight excluding hydrogens is 182 g/mol. The molecule has 0 bridgehead atoms. The van der Waals surface area contributed by atoms with Gasteiger partial charge >= 0.3 is 0 Å². The first-order chi connectivity index (χ1) is 6.68. The van der Waals surface area contributed by atoms with E-state index < -0.39 is 0 Å². The SMILES string of the molecule is NC1CN(C(=O)c2c[nH]ccc2=O)C1. The van der Waals surface area contributed by atoms with E-state index in [0.29, 0.717) is 13.1 Å². The van der Waals surface area contributed by atoms with Gasteiger partial charge in [-0.2, -0.15) is 0 Å². The third-order valence-corrected chi connectivity index (χ3v) is 2.25. The number of pyridine rings is 1. The molecule has 0 radical (unpaired) electrons. The molecular formula is C9H11N3O2. The summed E-state index contributed by atoms with van der Waals surface area (Å²) >= 11 is 0. The molecule has 0 unspecified atom stereocenters. The molecule has 5 nitrogen and oxygen atoms in total. The number of amides is 1. The number of carbonyl (C=O) groups is 1. The smallest absolute Gasteiger partial charge is 0.259 e. The van der Waals surface area contributed by atoms with Crippen molar-refractivity contribution in [2.45, 2.75) is 6.04 Å². The Bertz CT molecular complexity index is 407. The summed E-state index contributed by atoms with van der Waals surface area (Å²) in [5.41, 5.74) is 5.47. The number of H-pyrrole nitrogens is 1. The fourth-order valence-corrected chi connectivity index (χ4v) is 1.43. The van der Waals surface area contributed by atoms with E-state index in [9.17, 15) is 9.59 Å². The van der Waals surface area contributed by atoms with Gasteiger partial charge in [0.1, 0.15) is 5.56 Å². The van der Waals surface area contributed by atoms with E-state index >= 15 is 0 Å². The lowest BCUT2D eigenvalue weighted by Gasteiger charge is -2.36. The van der Waals surface area contributed by atoms with Gasteiger partial charge < -0.3 is 15.6 Å². The fraction of sp³-hybridized carbons (Fsp3) is 0.333. The van der Waals surface area contributed by atoms with E-state index in [1.165, 1.54) is 18.5 Å². The maximum atomic E-state index is 11.6. The molecule has 1 aromatic rings. The number of rotatable bonds is 1. The van der Waals surface area contributed by atoms with Gasteiger partial charge in [0.2, 0.25) is 0 Å². The topological polar surface area (TPSA) is 79.2 Å². The highest BCUT2D eigenvalue weighted by atomic mass is 16.2. The van der Waals surface area contributed by atoms with Gasteiger partial charge in [-0.05, 0) is 0 Å². The third kappa shape index (κ3) is 1.42. The minimum Gasteiger partial charge on any atom is -0.367 e. The number of carbonyl (C=O) groups excluding carboxylic acids is 1. The molecule has 14 heavy (non-hydrogen) atoms. The number of nitrogens with two attached hydrogens (primary N) is 1. The minimum atomic E-state index is -0.255. The Kier molecular flexibility index (Phi) is 2.09. The third-order valence-electron chi connectivity index (χ3n) is 2.25. The average molecular weight is 193 g/mol. The quantitative estimate of drug-likeness (QED) is 0.610. The van der Waals surface area contributed by atoms with Crippen LogP contribution >= 0.6 is 0 Å². The second-order valence-corrected chi connectivity index (χ2v) is 3.39. The molecule has 3 N–H and O–H groups in total. The Morgan fingerprint density at radius 1 is 1.57 bits per heavy atom. The van der Waals surface area contributed by atoms with Crippen LogP contribution in [0.3, 0.4) is 0 Å². The van der Waals surface area contributed by atoms with Crippen LogP contribution < -0.4 is 11.2 Å². The molecule has 1 amide bonds. The number of nitrogens with one attached hydrogen (secondary N) is 1. The molecule has 1 saturated heterocycles. The van der Waals surface area contributed by atoms with Crippen LogP contribution in [0.15, 0.2) is 23.3 Å². The molecule has 0 spiro atoms. The van der Waals surface area contributed by atoms with E-state index in [1.54, 1.807) is 4.90 Å². The molecule has 1 fully saturated rings. The maximum absolute atomic E-state index is 11.6. The summed E-state index contributed by atoms with van der Waals surface area (Å²) in [6.45, 7) is 1.07. The van der Waals surface area contributed by atoms with Crippen molar-refractivity contribution in [2.75, 3.05) is 13.1 Å². The molecule has 0 aromatic carbocycles. The lowest BCUT2D eigenvalue weighted by molar-refractivity contribution is 0.0606. The fourth-order valence-electron chi connectivity index (χ4n) is 1.43. The second-order valence-electron chi connectivity index (χ2n) is 3.39. The number of hydrogen-bond donors (Lipinski definition) is 2. The first-order valence-corrected chi connectivity index (χ1v) is 4.40. The van der Waals surface area contributed by atoms with Crippen molar-refractivity contribution in [3.8, 4) is 0 Å². The van der Waals surface area contributed by atoms with Crippen LogP contribution in [-0.2, 0) is 0 Å². The molecule has 5 heteroatoms. The summed E-state index contributed by atoms with van der Waals surface area (Å²) < 4.78 is 0. The van der Waals surface area contributed by atoms with Crippen molar-refractivity contribution >= 4 is 5.91 Å². The molecule has 0 aliphatic carbocycles. The van der Waals surface area contributed by atoms with Crippen LogP contribution in [0.1, 0.15) is 10.4 Å². The first-order valence-electron chi connectivity index (χ1n) is 4.40. The molecule has 0 atom stereocenters. The van der Waals surface area contributed by atoms with Crippen molar-refractivity contribution in [3.05, 3.63) is 34.2 Å². The van der Waals surface area contributed by atoms with Crippen LogP contribution in [-0.4, -0.2) is 34.9 Å². The zero-order chi connectivity index (χ0) is 10.1. The van der Waals surface area contributed by atoms with Gasteiger partial charge in [-0.15, -0.1) is 0 Å². The van der Waals surface area contributed by atoms with Gasteiger partial charge in [0.05, 0.1) is 0 Å². The molecule has 2 rings (SSSR count). The van der Waals surface area contributed by atoms with Crippen molar-refractivity contribution < 1.29 is 4.79 Å². The van der Waals surface area contributed by atoms with Crippen LogP contribution in [0, 0.1) is 0 Å². The summed E-state index contributed by atoms with van der Waals surface area (Å²) in [4.78, 5) is 27.2. The predicted octanol–water partition coefficient (Wildman–Crippen LogP) is -0.842. The van der Waals surface area contributed by atoms with Gasteiger partial charge in [0.25, 0.3) is 5.91 Å². The van der Waals surface area contributed by atoms with E-state index in [2.05, 4.69) is 4.98 Å². The number of hydrogen-bond acceptors (Lipinski definition) is 3. The Balaban J connectivity index is 2.20. The van der Waals surface area contributed by atoms with Gasteiger partial charge in [-0.3, -0.25) is 9.59 Å². The van der Waals surface area contributed by atoms with Crippen LogP contribution in [0.5, 0.6) is 0 Å². The van der Waals surface area contributed by atoms with Crippen LogP contribution in [0.4, 0.5) is 0 Å². The zero-order valence-electron chi connectivity index (χ0n) is 7.56. The molecule has 2 heterocycles. The minimum absolute atomic E-state index is 0.0572. The van der Waals surface area contributed by atoms with E-state index in [0.717, 1.165) is 0 Å². The summed E-state index contributed by atoms with van der Waals surface area (Å²) in [6.07, 6.45) is 2.93. The van der Waals surface area contributed by atoms with E-state index in [1.807, 2.05) is 0 Å². The summed E-state index contributed by atoms with van der Waals surface area (Å²) in [6, 6.07) is 1.40. The molecule has 1 aliphatic rings. The van der Waals surface area contributed by atoms with Crippen molar-refractivity contribution in [1.82, 2.24) is 9.88 Å². The Morgan fingerprint density at radius 2 is 2.29 bits per heavy atom. The van der Waals surface area contributed by atoms with Crippen molar-refractivity contribution in [2.24, 2.45) is 5.73 Å². The van der Waals surface area contributed by atoms with Gasteiger partial charge in [0.15, 0.2) is 5.43 Å². The largest absolute Gasteiger partial charge is 0.367 e. The summed E-state index contributed by atoms with van der Waals surface area (Å²) in [7, 11) is 0. The summed E-state index contributed by atoms with van der Waals surface area (Å²) in [5.74, 6) is -0.242. The van der Waals surface area contributed by atoms with Gasteiger partial charge in [-0.25, -0.2) is 0 Å². The zero-order valence-corrected chi connectivity index (χ0v) is 7.56. The number of aromatic amines is 1. The lowest BCUT2D eigenvalue weighted by atomic mass is 10.1. The molecule has 0 saturated carbocycles. The normalized spacial score (nSPS) is 16.5. The Hall–Kier alpha value is -1.62. The standard InChI is InChI=1S/C9H11N3O2/c10-6-4-12(5-6)9(14)7-3-11-2-1-8(7)13/h1-3,6H,4-5,10H2,(H,11,13). The molecule has 1 aromatic heterocycles. The van der Waals surface area contributed by atoms with E-state index in [4.69, 9.17) is 5.73 Å². The molecule has 1 aliphatic heterocycles. The Labute approximate surface area is 80.5 Å². The number of nitrogens with zero attached hydrogens (tertiary/aromatic N) is 1.